The van der Waals surface area contributed by atoms with Crippen molar-refractivity contribution in [1.82, 2.24) is 24.1 Å². The van der Waals surface area contributed by atoms with Crippen molar-refractivity contribution < 1.29 is 107 Å². The number of aryl methyl sites for hydroxylation is 1. The third-order valence-corrected chi connectivity index (χ3v) is 23.6. The van der Waals surface area contributed by atoms with Crippen LogP contribution >= 0.6 is 0 Å². The van der Waals surface area contributed by atoms with Gasteiger partial charge in [-0.1, -0.05) is 202 Å². The number of aromatic nitrogens is 5. The first kappa shape index (κ1) is 104. The number of hydrogen-bond acceptors (Lipinski definition) is 10. The fourth-order valence-electron chi connectivity index (χ4n) is 15.6. The molecule has 0 amide bonds. The van der Waals surface area contributed by atoms with Crippen LogP contribution in [0, 0.1) is 62.1 Å². The third kappa shape index (κ3) is 26.6. The van der Waals surface area contributed by atoms with Crippen molar-refractivity contribution in [3.8, 4) is 67.8 Å². The van der Waals surface area contributed by atoms with Crippen LogP contribution in [0.4, 0.5) is 22.7 Å². The minimum atomic E-state index is -1.48. The molecule has 17 heteroatoms. The summed E-state index contributed by atoms with van der Waals surface area (Å²) in [5.74, 6) is 2.14. The fraction of sp³-hybridized carbons (Fsp3) is 0.119. The van der Waals surface area contributed by atoms with Gasteiger partial charge in [0, 0.05) is 111 Å². The number of para-hydroxylation sites is 8. The molecule has 2 N–H and O–H groups in total. The van der Waals surface area contributed by atoms with Crippen LogP contribution in [0.3, 0.4) is 0 Å². The first-order valence-electron chi connectivity index (χ1n) is 43.7. The monoisotopic (exact) mass is 2500 g/mol. The molecule has 19 aromatic rings. The first-order valence-corrected chi connectivity index (χ1v) is 47.2. The van der Waals surface area contributed by atoms with Crippen LogP contribution in [0.5, 0.6) is 11.5 Å². The summed E-state index contributed by atoms with van der Waals surface area (Å²) in [4.78, 5) is 38.1. The van der Waals surface area contributed by atoms with E-state index >= 15 is 0 Å². The molecule has 20 rings (SSSR count). The molecule has 1 aliphatic heterocycles. The van der Waals surface area contributed by atoms with Crippen molar-refractivity contribution in [2.75, 3.05) is 9.80 Å². The van der Waals surface area contributed by atoms with E-state index in [1.165, 1.54) is 106 Å². The molecular weight excluding hydrogens is 2400 g/mol. The summed E-state index contributed by atoms with van der Waals surface area (Å²) in [6.07, 6.45) is 8.09. The molecule has 135 heavy (non-hydrogen) atoms. The maximum absolute atomic E-state index is 10.0. The Morgan fingerprint density at radius 3 is 1.32 bits per heavy atom. The molecule has 0 aliphatic carbocycles. The number of aliphatic hydroxyl groups is 2. The van der Waals surface area contributed by atoms with Gasteiger partial charge in [-0.15, -0.1) is 167 Å². The molecule has 0 saturated carbocycles. The number of anilines is 4. The molecular formula is C118H102Ir2N7O5Pt2Si-3. The van der Waals surface area contributed by atoms with E-state index in [4.69, 9.17) is 19.9 Å². The number of fused-ring (bicyclic) bond motifs is 8. The van der Waals surface area contributed by atoms with Crippen molar-refractivity contribution in [3.63, 3.8) is 0 Å². The number of hydrogen-bond donors (Lipinski definition) is 2. The Kier molecular flexibility index (Phi) is 38.5. The second-order valence-corrected chi connectivity index (χ2v) is 38.1. The molecule has 0 fully saturated rings. The van der Waals surface area contributed by atoms with Crippen LogP contribution in [0.2, 0.25) is 19.6 Å². The maximum atomic E-state index is 10.0. The summed E-state index contributed by atoms with van der Waals surface area (Å²) in [6.45, 7) is 26.0. The molecule has 1 aliphatic rings. The SMILES string of the molecule is CC(=O)C=C(C)O.CC(=O)C=C(C)O.CC(C)c1cc(C(C)C)c2ccnc(-c3[c-]cccc3)c2c1.C[Si](C)(C)c1cc(-c2[c-]cccc2)ncc1-c1ccccc1.Cc1cccnc1-c1[c-]cccc1.[Ir].[Ir].[Pt+2].[Pt+4].[c-]1ccccc1-n1c2[c-]c(Oc3[c-]c4c(cc3)c3ccccc3n4-c3[c-]cccc3)ccc2c2ccccc21.[c-]1ccccc1N1[CH-]N(c2ccccc2)c2ccccc21. The van der Waals surface area contributed by atoms with Crippen LogP contribution in [0.15, 0.2) is 382 Å². The minimum Gasteiger partial charge on any atom is -0.512 e. The molecule has 0 saturated heterocycles. The summed E-state index contributed by atoms with van der Waals surface area (Å²) in [6, 6.07) is 142. The van der Waals surface area contributed by atoms with Crippen molar-refractivity contribution in [3.05, 3.63) is 454 Å². The number of ether oxygens (including phenoxy) is 1. The number of aliphatic hydroxyl groups excluding tert-OH is 2. The van der Waals surface area contributed by atoms with Gasteiger partial charge in [0.05, 0.1) is 19.6 Å². The predicted octanol–water partition coefficient (Wildman–Crippen LogP) is 29.4. The van der Waals surface area contributed by atoms with Gasteiger partial charge < -0.3 is 48.8 Å². The molecule has 2 radical (unpaired) electrons. The van der Waals surface area contributed by atoms with Gasteiger partial charge in [-0.25, -0.2) is 0 Å². The molecule has 6 heterocycles. The third-order valence-electron chi connectivity index (χ3n) is 21.6. The van der Waals surface area contributed by atoms with Gasteiger partial charge in [-0.3, -0.25) is 9.59 Å². The smallest absolute Gasteiger partial charge is 0.512 e. The Hall–Kier alpha value is -12.9. The van der Waals surface area contributed by atoms with Crippen LogP contribution in [-0.2, 0) is 91.9 Å². The van der Waals surface area contributed by atoms with E-state index in [9.17, 15) is 9.59 Å². The van der Waals surface area contributed by atoms with Gasteiger partial charge in [0.1, 0.15) is 0 Å². The van der Waals surface area contributed by atoms with E-state index in [1.54, 1.807) is 0 Å². The minimum absolute atomic E-state index is 0. The number of nitrogens with zero attached hydrogens (tertiary/aromatic N) is 7. The Balaban J connectivity index is 0.000000173. The normalized spacial score (nSPS) is 11.3. The van der Waals surface area contributed by atoms with E-state index in [0.717, 1.165) is 89.4 Å². The average molecular weight is 2500 g/mol. The van der Waals surface area contributed by atoms with Gasteiger partial charge in [-0.05, 0) is 156 Å². The number of carbonyl (C=O) groups excluding carboxylic acids is 2. The summed E-state index contributed by atoms with van der Waals surface area (Å²) in [5, 5.41) is 25.3. The Labute approximate surface area is 850 Å². The molecule has 12 nitrogen and oxygen atoms in total. The summed E-state index contributed by atoms with van der Waals surface area (Å²) in [7, 11) is -1.48. The van der Waals surface area contributed by atoms with Crippen LogP contribution < -0.4 is 19.7 Å². The number of carbonyl (C=O) groups is 2. The molecule has 0 unspecified atom stereocenters. The van der Waals surface area contributed by atoms with Crippen molar-refractivity contribution in [1.29, 1.82) is 0 Å². The number of allylic oxidation sites excluding steroid dienone is 4. The summed E-state index contributed by atoms with van der Waals surface area (Å²) < 4.78 is 10.8. The zero-order valence-electron chi connectivity index (χ0n) is 77.0. The predicted molar refractivity (Wildman–Crippen MR) is 542 cm³/mol. The van der Waals surface area contributed by atoms with Gasteiger partial charge in [0.25, 0.3) is 0 Å². The fourth-order valence-corrected chi connectivity index (χ4v) is 17.2. The van der Waals surface area contributed by atoms with Gasteiger partial charge in [0.15, 0.2) is 11.6 Å². The average Bonchev–Trinajstić information content (AvgIpc) is 1.63. The Morgan fingerprint density at radius 1 is 0.422 bits per heavy atom. The Bertz CT molecular complexity index is 6900. The standard InChI is InChI=1S/C36H20N2O.C21H22N.C20H20NSi.C19H14N2.C12H10N.2C5H8O2.2Ir.2Pt/c1-3-11-25(12-4-1)37-33-17-9-7-15-29(33)31-21-19-27(23-35(31)37)39-28-20-22-32-30-16-8-10-18-34(30)38(36(32)24-28)26-13-5-2-6-14-26;1-14(2)17-12-19(15(3)4)18-10-11-22-21(20(18)13-17)16-8-6-5-7-9-16;1-22(2,3)20-14-19(17-12-8-5-9-13-17)21-15-18(20)16-10-6-4-7-11-16;1-3-9-16(10-4-1)20-15-21(17-11-5-2-6-12-17)19-14-8-7-13-18(19)20;1-10-6-5-9-13-12(10)11-7-3-2-4-8-11;2*1-4(6)3-5(2)7;;;;/h1-11,13,15-22H;5-8,10-15H,1-4H3;4-12,14-15H,1-3H3;1-11,13-15H;2-7,9H,1H3;2*3,6H,1-2H3;;;;/q-4;2*-1;-2;-1;;;;;+2;+4. The number of ketones is 2. The van der Waals surface area contributed by atoms with Crippen LogP contribution in [0.25, 0.3) is 111 Å². The molecule has 0 bridgehead atoms. The maximum Gasteiger partial charge on any atom is 4.00 e. The summed E-state index contributed by atoms with van der Waals surface area (Å²) >= 11 is 0. The topological polar surface area (TPSA) is 139 Å². The summed E-state index contributed by atoms with van der Waals surface area (Å²) in [5.41, 5.74) is 23.3. The van der Waals surface area contributed by atoms with Crippen LogP contribution in [0.1, 0.15) is 83.9 Å². The number of benzene rings is 14. The second kappa shape index (κ2) is 49.9. The van der Waals surface area contributed by atoms with Crippen molar-refractivity contribution in [2.45, 2.75) is 93.8 Å². The Morgan fingerprint density at radius 2 is 0.867 bits per heavy atom. The van der Waals surface area contributed by atoms with Crippen LogP contribution in [-0.4, -0.2) is 53.9 Å². The van der Waals surface area contributed by atoms with Crippen molar-refractivity contribution >= 4 is 102 Å². The number of rotatable bonds is 15. The van der Waals surface area contributed by atoms with E-state index in [2.05, 4.69) is 339 Å². The van der Waals surface area contributed by atoms with E-state index in [1.807, 2.05) is 158 Å². The molecule has 5 aromatic heterocycles. The first-order chi connectivity index (χ1) is 63.5. The molecule has 14 aromatic carbocycles. The molecule has 0 atom stereocenters. The van der Waals surface area contributed by atoms with Gasteiger partial charge in [-0.2, -0.15) is 91.0 Å². The molecule has 0 spiro atoms. The van der Waals surface area contributed by atoms with E-state index in [0.29, 0.717) is 23.3 Å². The van der Waals surface area contributed by atoms with E-state index in [-0.39, 0.29) is 105 Å². The van der Waals surface area contributed by atoms with Gasteiger partial charge >= 0.3 is 42.1 Å². The quantitative estimate of drug-likeness (QED) is 0.0441. The molecule has 684 valence electrons. The van der Waals surface area contributed by atoms with Crippen molar-refractivity contribution in [2.24, 2.45) is 0 Å². The second-order valence-electron chi connectivity index (χ2n) is 33.1. The largest absolute Gasteiger partial charge is 4.00 e. The van der Waals surface area contributed by atoms with Gasteiger partial charge in [0.2, 0.25) is 0 Å². The number of pyridine rings is 3. The zero-order valence-corrected chi connectivity index (χ0v) is 87.3. The van der Waals surface area contributed by atoms with E-state index < -0.39 is 8.07 Å². The zero-order chi connectivity index (χ0) is 91.9.